The average molecular weight is 304 g/mol. The third-order valence-corrected chi connectivity index (χ3v) is 4.14. The van der Waals surface area contributed by atoms with Crippen molar-refractivity contribution in [3.05, 3.63) is 29.6 Å². The smallest absolute Gasteiger partial charge is 0.382 e. The maximum Gasteiger partial charge on any atom is 0.419 e. The zero-order chi connectivity index (χ0) is 15.6. The van der Waals surface area contributed by atoms with Crippen LogP contribution < -0.4 is 5.32 Å². The summed E-state index contributed by atoms with van der Waals surface area (Å²) in [4.78, 5) is 2.24. The van der Waals surface area contributed by atoms with Crippen LogP contribution in [0.2, 0.25) is 0 Å². The Morgan fingerprint density at radius 1 is 1.24 bits per heavy atom. The highest BCUT2D eigenvalue weighted by molar-refractivity contribution is 5.47. The number of anilines is 1. The van der Waals surface area contributed by atoms with Crippen LogP contribution in [0.1, 0.15) is 25.3 Å². The van der Waals surface area contributed by atoms with E-state index in [1.54, 1.807) is 0 Å². The van der Waals surface area contributed by atoms with Gasteiger partial charge in [0.2, 0.25) is 0 Å². The second kappa shape index (κ2) is 6.22. The quantitative estimate of drug-likeness (QED) is 0.850. The molecule has 0 radical (unpaired) electrons. The molecule has 0 amide bonds. The third kappa shape index (κ3) is 4.09. The van der Waals surface area contributed by atoms with Crippen LogP contribution >= 0.6 is 0 Å². The van der Waals surface area contributed by atoms with E-state index in [9.17, 15) is 17.6 Å². The molecule has 0 aromatic heterocycles. The highest BCUT2D eigenvalue weighted by Crippen LogP contribution is 2.33. The maximum absolute atomic E-state index is 13.2. The van der Waals surface area contributed by atoms with Gasteiger partial charge in [-0.05, 0) is 64.0 Å². The van der Waals surface area contributed by atoms with E-state index in [0.717, 1.165) is 38.1 Å². The molecular formula is C15H20F4N2. The Morgan fingerprint density at radius 2 is 1.86 bits per heavy atom. The molecule has 6 heteroatoms. The van der Waals surface area contributed by atoms with Gasteiger partial charge < -0.3 is 10.2 Å². The van der Waals surface area contributed by atoms with Gasteiger partial charge >= 0.3 is 6.18 Å². The van der Waals surface area contributed by atoms with Crippen molar-refractivity contribution in [1.82, 2.24) is 4.90 Å². The van der Waals surface area contributed by atoms with Crippen molar-refractivity contribution in [2.75, 3.05) is 25.5 Å². The molecular weight excluding hydrogens is 284 g/mol. The van der Waals surface area contributed by atoms with Crippen molar-refractivity contribution in [2.24, 2.45) is 5.92 Å². The number of hydrogen-bond acceptors (Lipinski definition) is 2. The highest BCUT2D eigenvalue weighted by Gasteiger charge is 2.34. The summed E-state index contributed by atoms with van der Waals surface area (Å²) < 4.78 is 51.3. The molecule has 1 fully saturated rings. The lowest BCUT2D eigenvalue weighted by atomic mass is 9.90. The van der Waals surface area contributed by atoms with Crippen molar-refractivity contribution in [2.45, 2.75) is 32.0 Å². The second-order valence-corrected chi connectivity index (χ2v) is 5.77. The van der Waals surface area contributed by atoms with Crippen LogP contribution in [0.25, 0.3) is 0 Å². The fourth-order valence-electron chi connectivity index (χ4n) is 2.74. The molecule has 1 aromatic rings. The summed E-state index contributed by atoms with van der Waals surface area (Å²) in [6.07, 6.45) is -2.64. The van der Waals surface area contributed by atoms with Crippen molar-refractivity contribution in [1.29, 1.82) is 0 Å². The number of halogens is 4. The molecule has 1 heterocycles. The first-order valence-electron chi connectivity index (χ1n) is 7.09. The monoisotopic (exact) mass is 304 g/mol. The Kier molecular flexibility index (Phi) is 4.76. The zero-order valence-corrected chi connectivity index (χ0v) is 12.2. The molecule has 1 unspecified atom stereocenters. The van der Waals surface area contributed by atoms with Gasteiger partial charge in [-0.15, -0.1) is 0 Å². The first kappa shape index (κ1) is 16.1. The standard InChI is InChI=1S/C15H20F4N2/c1-10(11-5-7-21(2)8-6-11)20-12-3-4-14(16)13(9-12)15(17,18)19/h3-4,9-11,20H,5-8H2,1-2H3. The first-order valence-corrected chi connectivity index (χ1v) is 7.09. The van der Waals surface area contributed by atoms with E-state index >= 15 is 0 Å². The Hall–Kier alpha value is -1.30. The number of piperidine rings is 1. The first-order chi connectivity index (χ1) is 9.77. The highest BCUT2D eigenvalue weighted by atomic mass is 19.4. The van der Waals surface area contributed by atoms with Gasteiger partial charge in [-0.3, -0.25) is 0 Å². The lowest BCUT2D eigenvalue weighted by molar-refractivity contribution is -0.139. The Morgan fingerprint density at radius 3 is 2.43 bits per heavy atom. The molecule has 1 N–H and O–H groups in total. The molecule has 0 spiro atoms. The summed E-state index contributed by atoms with van der Waals surface area (Å²) in [5, 5.41) is 3.08. The van der Waals surface area contributed by atoms with Crippen molar-refractivity contribution < 1.29 is 17.6 Å². The molecule has 1 aromatic carbocycles. The van der Waals surface area contributed by atoms with Crippen LogP contribution in [0.4, 0.5) is 23.2 Å². The molecule has 0 saturated carbocycles. The largest absolute Gasteiger partial charge is 0.419 e. The summed E-state index contributed by atoms with van der Waals surface area (Å²) in [7, 11) is 2.06. The van der Waals surface area contributed by atoms with Crippen LogP contribution in [-0.4, -0.2) is 31.1 Å². The number of benzene rings is 1. The predicted molar refractivity (Wildman–Crippen MR) is 74.7 cm³/mol. The molecule has 21 heavy (non-hydrogen) atoms. The summed E-state index contributed by atoms with van der Waals surface area (Å²) in [6.45, 7) is 3.95. The van der Waals surface area contributed by atoms with Gasteiger partial charge in [0.25, 0.3) is 0 Å². The predicted octanol–water partition coefficient (Wildman–Crippen LogP) is 3.99. The van der Waals surface area contributed by atoms with Gasteiger partial charge in [0.15, 0.2) is 0 Å². The fraction of sp³-hybridized carbons (Fsp3) is 0.600. The van der Waals surface area contributed by atoms with Gasteiger partial charge in [0, 0.05) is 11.7 Å². The number of hydrogen-bond donors (Lipinski definition) is 1. The molecule has 1 aliphatic rings. The average Bonchev–Trinajstić information content (AvgIpc) is 2.40. The summed E-state index contributed by atoms with van der Waals surface area (Å²) in [6, 6.07) is 3.13. The SMILES string of the molecule is CC(Nc1ccc(F)c(C(F)(F)F)c1)C1CCN(C)CC1. The van der Waals surface area contributed by atoms with Crippen LogP contribution in [0, 0.1) is 11.7 Å². The number of nitrogens with zero attached hydrogens (tertiary/aromatic N) is 1. The van der Waals surface area contributed by atoms with Gasteiger partial charge in [0.1, 0.15) is 5.82 Å². The van der Waals surface area contributed by atoms with Crippen molar-refractivity contribution >= 4 is 5.69 Å². The number of nitrogens with one attached hydrogen (secondary N) is 1. The molecule has 1 atom stereocenters. The lowest BCUT2D eigenvalue weighted by Crippen LogP contribution is -2.37. The van der Waals surface area contributed by atoms with E-state index in [0.29, 0.717) is 11.6 Å². The molecule has 2 rings (SSSR count). The summed E-state index contributed by atoms with van der Waals surface area (Å²) >= 11 is 0. The van der Waals surface area contributed by atoms with E-state index in [1.165, 1.54) is 6.07 Å². The zero-order valence-electron chi connectivity index (χ0n) is 12.2. The fourth-order valence-corrected chi connectivity index (χ4v) is 2.74. The minimum Gasteiger partial charge on any atom is -0.382 e. The molecule has 0 bridgehead atoms. The third-order valence-electron chi connectivity index (χ3n) is 4.14. The van der Waals surface area contributed by atoms with E-state index in [2.05, 4.69) is 17.3 Å². The number of rotatable bonds is 3. The second-order valence-electron chi connectivity index (χ2n) is 5.77. The Labute approximate surface area is 122 Å². The van der Waals surface area contributed by atoms with Crippen molar-refractivity contribution in [3.63, 3.8) is 0 Å². The lowest BCUT2D eigenvalue weighted by Gasteiger charge is -2.33. The van der Waals surface area contributed by atoms with E-state index in [-0.39, 0.29) is 6.04 Å². The minimum atomic E-state index is -4.67. The molecule has 118 valence electrons. The Balaban J connectivity index is 2.06. The summed E-state index contributed by atoms with van der Waals surface area (Å²) in [5.41, 5.74) is -0.904. The van der Waals surface area contributed by atoms with Crippen LogP contribution in [0.3, 0.4) is 0 Å². The van der Waals surface area contributed by atoms with E-state index in [1.807, 2.05) is 6.92 Å². The Bertz CT molecular complexity index is 479. The topological polar surface area (TPSA) is 15.3 Å². The maximum atomic E-state index is 13.2. The van der Waals surface area contributed by atoms with Gasteiger partial charge in [0.05, 0.1) is 5.56 Å². The molecule has 2 nitrogen and oxygen atoms in total. The van der Waals surface area contributed by atoms with Crippen molar-refractivity contribution in [3.8, 4) is 0 Å². The molecule has 0 aliphatic carbocycles. The number of likely N-dealkylation sites (tertiary alicyclic amines) is 1. The molecule has 1 saturated heterocycles. The van der Waals surface area contributed by atoms with Crippen LogP contribution in [-0.2, 0) is 6.18 Å². The number of alkyl halides is 3. The molecule has 1 aliphatic heterocycles. The van der Waals surface area contributed by atoms with Gasteiger partial charge in [-0.25, -0.2) is 4.39 Å². The minimum absolute atomic E-state index is 0.0604. The van der Waals surface area contributed by atoms with Gasteiger partial charge in [-0.1, -0.05) is 0 Å². The van der Waals surface area contributed by atoms with E-state index < -0.39 is 17.6 Å². The van der Waals surface area contributed by atoms with Crippen LogP contribution in [0.5, 0.6) is 0 Å². The van der Waals surface area contributed by atoms with E-state index in [4.69, 9.17) is 0 Å². The van der Waals surface area contributed by atoms with Gasteiger partial charge in [-0.2, -0.15) is 13.2 Å². The summed E-state index contributed by atoms with van der Waals surface area (Å²) in [5.74, 6) is -0.819. The van der Waals surface area contributed by atoms with Crippen LogP contribution in [0.15, 0.2) is 18.2 Å². The normalized spacial score (nSPS) is 19.5.